The SMILES string of the molecule is Cc1ccc(CN2CC[C@H]3OCC[C@@]3(CCNC(=O)N(C)C)C2)s1.O=C(O)C(F)(F)F. The van der Waals surface area contributed by atoms with Gasteiger partial charge >= 0.3 is 18.2 Å². The predicted molar refractivity (Wildman–Crippen MR) is 111 cm³/mol. The first-order chi connectivity index (χ1) is 14.4. The molecule has 2 atom stereocenters. The van der Waals surface area contributed by atoms with Crippen molar-refractivity contribution in [3.05, 3.63) is 21.9 Å². The second-order valence-corrected chi connectivity index (χ2v) is 9.54. The highest BCUT2D eigenvalue weighted by atomic mass is 32.1. The van der Waals surface area contributed by atoms with Crippen molar-refractivity contribution in [3.8, 4) is 0 Å². The van der Waals surface area contributed by atoms with Crippen molar-refractivity contribution in [2.45, 2.75) is 45.0 Å². The number of nitrogens with zero attached hydrogens (tertiary/aromatic N) is 2. The third kappa shape index (κ3) is 7.36. The van der Waals surface area contributed by atoms with Crippen molar-refractivity contribution < 1.29 is 32.6 Å². The number of rotatable bonds is 5. The molecule has 2 amide bonds. The number of carboxylic acids is 1. The Labute approximate surface area is 184 Å². The molecule has 3 heterocycles. The standard InChI is InChI=1S/C18H29N3O2S.C2HF3O2/c1-14-4-5-15(24-14)12-21-10-6-16-18(13-21,8-11-23-16)7-9-19-17(22)20(2)3;3-2(4,5)1(6)7/h4-5,16H,6-13H2,1-3H3,(H,19,22);(H,6,7)/t16-,18+;/m1./s1. The maximum Gasteiger partial charge on any atom is 0.490 e. The van der Waals surface area contributed by atoms with Crippen LogP contribution in [0.1, 0.15) is 29.0 Å². The molecule has 3 rings (SSSR count). The first-order valence-corrected chi connectivity index (χ1v) is 10.9. The molecular formula is C20H30F3N3O4S. The van der Waals surface area contributed by atoms with Gasteiger partial charge in [0.25, 0.3) is 0 Å². The summed E-state index contributed by atoms with van der Waals surface area (Å²) >= 11 is 1.90. The van der Waals surface area contributed by atoms with Gasteiger partial charge in [-0.2, -0.15) is 13.2 Å². The van der Waals surface area contributed by atoms with Crippen molar-refractivity contribution in [1.82, 2.24) is 15.1 Å². The molecule has 0 radical (unpaired) electrons. The van der Waals surface area contributed by atoms with Crippen molar-refractivity contribution in [2.75, 3.05) is 40.3 Å². The number of piperidine rings is 1. The zero-order chi connectivity index (χ0) is 23.2. The van der Waals surface area contributed by atoms with Crippen LogP contribution in [0.4, 0.5) is 18.0 Å². The highest BCUT2D eigenvalue weighted by molar-refractivity contribution is 7.11. The molecule has 2 saturated heterocycles. The summed E-state index contributed by atoms with van der Waals surface area (Å²) in [7, 11) is 3.56. The molecule has 0 unspecified atom stereocenters. The van der Waals surface area contributed by atoms with Crippen LogP contribution in [-0.2, 0) is 16.1 Å². The molecule has 0 aliphatic carbocycles. The molecule has 2 fully saturated rings. The lowest BCUT2D eigenvalue weighted by Crippen LogP contribution is -2.50. The minimum absolute atomic E-state index is 0.0106. The fraction of sp³-hybridized carbons (Fsp3) is 0.700. The second-order valence-electron chi connectivity index (χ2n) is 8.16. The summed E-state index contributed by atoms with van der Waals surface area (Å²) in [4.78, 5) is 27.6. The zero-order valence-electron chi connectivity index (χ0n) is 18.0. The van der Waals surface area contributed by atoms with Crippen molar-refractivity contribution in [1.29, 1.82) is 0 Å². The fourth-order valence-corrected chi connectivity index (χ4v) is 4.94. The van der Waals surface area contributed by atoms with E-state index in [0.29, 0.717) is 6.10 Å². The van der Waals surface area contributed by atoms with E-state index in [1.54, 1.807) is 19.0 Å². The largest absolute Gasteiger partial charge is 0.490 e. The van der Waals surface area contributed by atoms with Gasteiger partial charge in [0.15, 0.2) is 0 Å². The zero-order valence-corrected chi connectivity index (χ0v) is 18.8. The predicted octanol–water partition coefficient (Wildman–Crippen LogP) is 3.33. The molecule has 11 heteroatoms. The van der Waals surface area contributed by atoms with Crippen LogP contribution in [0.25, 0.3) is 0 Å². The molecule has 0 spiro atoms. The van der Waals surface area contributed by atoms with E-state index in [1.807, 2.05) is 11.3 Å². The summed E-state index contributed by atoms with van der Waals surface area (Å²) in [6.45, 7) is 6.97. The van der Waals surface area contributed by atoms with Gasteiger partial charge in [0.1, 0.15) is 0 Å². The summed E-state index contributed by atoms with van der Waals surface area (Å²) in [5.74, 6) is -2.76. The van der Waals surface area contributed by atoms with Crippen LogP contribution in [0.3, 0.4) is 0 Å². The Morgan fingerprint density at radius 3 is 2.61 bits per heavy atom. The van der Waals surface area contributed by atoms with Crippen LogP contribution < -0.4 is 5.32 Å². The number of amides is 2. The summed E-state index contributed by atoms with van der Waals surface area (Å²) in [5.41, 5.74) is 0.199. The lowest BCUT2D eigenvalue weighted by Gasteiger charge is -2.44. The Morgan fingerprint density at radius 1 is 1.39 bits per heavy atom. The number of aliphatic carboxylic acids is 1. The number of hydrogen-bond donors (Lipinski definition) is 2. The number of carbonyl (C=O) groups excluding carboxylic acids is 1. The molecule has 7 nitrogen and oxygen atoms in total. The Hall–Kier alpha value is -1.85. The quantitative estimate of drug-likeness (QED) is 0.697. The number of carboxylic acid groups (broad SMARTS) is 1. The smallest absolute Gasteiger partial charge is 0.475 e. The van der Waals surface area contributed by atoms with Gasteiger partial charge in [-0.3, -0.25) is 4.90 Å². The molecular weight excluding hydrogens is 435 g/mol. The van der Waals surface area contributed by atoms with Crippen LogP contribution in [-0.4, -0.2) is 79.5 Å². The van der Waals surface area contributed by atoms with Crippen LogP contribution in [0.15, 0.2) is 12.1 Å². The molecule has 2 aliphatic heterocycles. The number of carbonyl (C=O) groups is 2. The van der Waals surface area contributed by atoms with Crippen LogP contribution >= 0.6 is 11.3 Å². The summed E-state index contributed by atoms with van der Waals surface area (Å²) < 4.78 is 37.8. The van der Waals surface area contributed by atoms with E-state index in [2.05, 4.69) is 29.3 Å². The Kier molecular flexibility index (Phi) is 8.73. The summed E-state index contributed by atoms with van der Waals surface area (Å²) in [6.07, 6.45) is -1.52. The van der Waals surface area contributed by atoms with E-state index in [9.17, 15) is 18.0 Å². The number of alkyl halides is 3. The van der Waals surface area contributed by atoms with Crippen molar-refractivity contribution >= 4 is 23.3 Å². The first kappa shape index (κ1) is 25.4. The average molecular weight is 466 g/mol. The van der Waals surface area contributed by atoms with E-state index in [0.717, 1.165) is 52.0 Å². The van der Waals surface area contributed by atoms with Crippen LogP contribution in [0.5, 0.6) is 0 Å². The highest BCUT2D eigenvalue weighted by Crippen LogP contribution is 2.43. The molecule has 176 valence electrons. The van der Waals surface area contributed by atoms with Crippen molar-refractivity contribution in [3.63, 3.8) is 0 Å². The maximum atomic E-state index is 11.8. The number of aryl methyl sites for hydroxylation is 1. The normalized spacial score (nSPS) is 23.5. The van der Waals surface area contributed by atoms with Gasteiger partial charge in [-0.25, -0.2) is 9.59 Å². The molecule has 0 saturated carbocycles. The summed E-state index contributed by atoms with van der Waals surface area (Å²) in [6, 6.07) is 4.45. The lowest BCUT2D eigenvalue weighted by molar-refractivity contribution is -0.192. The number of fused-ring (bicyclic) bond motifs is 1. The molecule has 2 N–H and O–H groups in total. The van der Waals surface area contributed by atoms with E-state index < -0.39 is 12.1 Å². The highest BCUT2D eigenvalue weighted by Gasteiger charge is 2.47. The fourth-order valence-electron chi connectivity index (χ4n) is 4.00. The monoisotopic (exact) mass is 465 g/mol. The lowest BCUT2D eigenvalue weighted by atomic mass is 9.74. The van der Waals surface area contributed by atoms with Gasteiger partial charge < -0.3 is 20.1 Å². The number of nitrogens with one attached hydrogen (secondary N) is 1. The molecule has 1 aromatic heterocycles. The third-order valence-corrected chi connectivity index (χ3v) is 6.56. The van der Waals surface area contributed by atoms with E-state index in [-0.39, 0.29) is 11.4 Å². The Balaban J connectivity index is 0.000000423. The number of urea groups is 1. The third-order valence-electron chi connectivity index (χ3n) is 5.57. The number of hydrogen-bond acceptors (Lipinski definition) is 5. The topological polar surface area (TPSA) is 82.1 Å². The number of ether oxygens (including phenoxy) is 1. The van der Waals surface area contributed by atoms with Gasteiger partial charge in [-0.05, 0) is 38.3 Å². The van der Waals surface area contributed by atoms with Gasteiger partial charge in [-0.15, -0.1) is 11.3 Å². The van der Waals surface area contributed by atoms with Gasteiger partial charge in [0, 0.05) is 62.1 Å². The minimum atomic E-state index is -5.08. The Bertz CT molecular complexity index is 756. The molecule has 0 aromatic carbocycles. The van der Waals surface area contributed by atoms with Gasteiger partial charge in [0.2, 0.25) is 0 Å². The van der Waals surface area contributed by atoms with E-state index in [4.69, 9.17) is 14.6 Å². The average Bonchev–Trinajstić information content (AvgIpc) is 3.27. The number of thiophene rings is 1. The molecule has 31 heavy (non-hydrogen) atoms. The molecule has 0 bridgehead atoms. The molecule has 2 aliphatic rings. The Morgan fingerprint density at radius 2 is 2.06 bits per heavy atom. The number of halogens is 3. The van der Waals surface area contributed by atoms with Gasteiger partial charge in [0.05, 0.1) is 6.10 Å². The number of likely N-dealkylation sites (tertiary alicyclic amines) is 1. The van der Waals surface area contributed by atoms with E-state index >= 15 is 0 Å². The summed E-state index contributed by atoms with van der Waals surface area (Å²) in [5, 5.41) is 10.1. The van der Waals surface area contributed by atoms with Crippen molar-refractivity contribution in [2.24, 2.45) is 5.41 Å². The van der Waals surface area contributed by atoms with Crippen LogP contribution in [0.2, 0.25) is 0 Å². The van der Waals surface area contributed by atoms with Crippen LogP contribution in [0, 0.1) is 12.3 Å². The van der Waals surface area contributed by atoms with E-state index in [1.165, 1.54) is 9.75 Å². The minimum Gasteiger partial charge on any atom is -0.475 e. The maximum absolute atomic E-state index is 11.8. The first-order valence-electron chi connectivity index (χ1n) is 10.1. The molecule has 1 aromatic rings. The second kappa shape index (κ2) is 10.6. The van der Waals surface area contributed by atoms with Gasteiger partial charge in [-0.1, -0.05) is 0 Å².